The van der Waals surface area contributed by atoms with Crippen molar-refractivity contribution >= 4 is 5.91 Å². The number of hydrogen-bond donors (Lipinski definition) is 1. The van der Waals surface area contributed by atoms with Gasteiger partial charge in [0.1, 0.15) is 11.7 Å². The highest BCUT2D eigenvalue weighted by atomic mass is 19.1. The van der Waals surface area contributed by atoms with Crippen molar-refractivity contribution in [2.45, 2.75) is 88.7 Å². The molecule has 5 atom stereocenters. The molecule has 1 spiro atoms. The number of fused-ring (bicyclic) bond motifs is 2. The van der Waals surface area contributed by atoms with Crippen molar-refractivity contribution in [1.82, 2.24) is 4.90 Å². The van der Waals surface area contributed by atoms with Crippen molar-refractivity contribution in [2.24, 2.45) is 11.8 Å². The maximum atomic E-state index is 15.8. The molecule has 1 amide bonds. The molecule has 2 aromatic rings. The predicted molar refractivity (Wildman–Crippen MR) is 148 cm³/mol. The minimum Gasteiger partial charge on any atom is -0.377 e. The van der Waals surface area contributed by atoms with Gasteiger partial charge in [0.05, 0.1) is 31.2 Å². The summed E-state index contributed by atoms with van der Waals surface area (Å²) in [4.78, 5) is 16.9. The molecule has 4 aliphatic rings. The molecule has 204 valence electrons. The summed E-state index contributed by atoms with van der Waals surface area (Å²) in [5.41, 5.74) is 3.53. The highest BCUT2D eigenvalue weighted by Crippen LogP contribution is 2.44. The van der Waals surface area contributed by atoms with Crippen LogP contribution in [-0.4, -0.2) is 49.2 Å². The summed E-state index contributed by atoms with van der Waals surface area (Å²) in [7, 11) is 0. The standard InChI is InChI=1S/C33H43FN2O2/c1-22-15-27-17-23(2)38-21-33(31(27)29(34)16-22)20-35-19-28(33)32(37)36-14-13-26(24-9-5-3-6-10-24)18-30(36)25-11-7-4-8-12-25/h3,5-6,9-10,15-16,23,25-26,28,30,35H,4,7-8,11-14,17-21H2,1-2H3/p+1/t23?,26-,28?,30+,33+/m1/s1. The first-order valence-corrected chi connectivity index (χ1v) is 15.0. The Morgan fingerprint density at radius 2 is 1.89 bits per heavy atom. The monoisotopic (exact) mass is 519 g/mol. The van der Waals surface area contributed by atoms with E-state index in [1.165, 1.54) is 37.7 Å². The zero-order valence-electron chi connectivity index (χ0n) is 23.1. The van der Waals surface area contributed by atoms with E-state index in [9.17, 15) is 4.79 Å². The summed E-state index contributed by atoms with van der Waals surface area (Å²) in [5, 5.41) is 2.23. The van der Waals surface area contributed by atoms with Gasteiger partial charge in [-0.05, 0) is 80.5 Å². The van der Waals surface area contributed by atoms with Gasteiger partial charge in [0.15, 0.2) is 0 Å². The molecule has 38 heavy (non-hydrogen) atoms. The van der Waals surface area contributed by atoms with Crippen molar-refractivity contribution in [3.63, 3.8) is 0 Å². The molecule has 0 radical (unpaired) electrons. The van der Waals surface area contributed by atoms with E-state index in [1.54, 1.807) is 6.07 Å². The van der Waals surface area contributed by atoms with Gasteiger partial charge in [-0.3, -0.25) is 4.79 Å². The average molecular weight is 520 g/mol. The van der Waals surface area contributed by atoms with E-state index in [-0.39, 0.29) is 29.8 Å². The lowest BCUT2D eigenvalue weighted by Gasteiger charge is -2.46. The summed E-state index contributed by atoms with van der Waals surface area (Å²) < 4.78 is 22.2. The molecular formula is C33H44FN2O2+. The van der Waals surface area contributed by atoms with Crippen LogP contribution in [0.4, 0.5) is 4.39 Å². The number of nitrogens with two attached hydrogens (primary N) is 1. The highest BCUT2D eigenvalue weighted by molar-refractivity contribution is 5.82. The number of ether oxygens (including phenoxy) is 1. The molecule has 2 N–H and O–H groups in total. The van der Waals surface area contributed by atoms with E-state index in [1.807, 2.05) is 6.92 Å². The Morgan fingerprint density at radius 1 is 1.11 bits per heavy atom. The Bertz CT molecular complexity index is 1150. The molecule has 2 aromatic carbocycles. The van der Waals surface area contributed by atoms with Crippen LogP contribution < -0.4 is 5.32 Å². The minimum atomic E-state index is -0.609. The largest absolute Gasteiger partial charge is 0.377 e. The smallest absolute Gasteiger partial charge is 0.232 e. The molecule has 2 saturated heterocycles. The van der Waals surface area contributed by atoms with Crippen LogP contribution in [0, 0.1) is 24.6 Å². The summed E-state index contributed by atoms with van der Waals surface area (Å²) >= 11 is 0. The first-order valence-electron chi connectivity index (χ1n) is 15.0. The zero-order chi connectivity index (χ0) is 26.3. The van der Waals surface area contributed by atoms with E-state index in [0.29, 0.717) is 38.0 Å². The Balaban J connectivity index is 1.34. The molecule has 3 heterocycles. The molecule has 2 unspecified atom stereocenters. The topological polar surface area (TPSA) is 46.1 Å². The van der Waals surface area contributed by atoms with Crippen LogP contribution in [0.2, 0.25) is 0 Å². The molecule has 4 nitrogen and oxygen atoms in total. The van der Waals surface area contributed by atoms with E-state index in [4.69, 9.17) is 4.74 Å². The van der Waals surface area contributed by atoms with Gasteiger partial charge in [0, 0.05) is 18.2 Å². The quantitative estimate of drug-likeness (QED) is 0.628. The number of carbonyl (C=O) groups excluding carboxylic acids is 1. The van der Waals surface area contributed by atoms with Crippen molar-refractivity contribution in [3.8, 4) is 0 Å². The van der Waals surface area contributed by atoms with Crippen LogP contribution in [0.25, 0.3) is 0 Å². The fourth-order valence-corrected chi connectivity index (χ4v) is 8.38. The number of rotatable bonds is 3. The van der Waals surface area contributed by atoms with E-state index in [2.05, 4.69) is 53.5 Å². The van der Waals surface area contributed by atoms with Gasteiger partial charge in [-0.15, -0.1) is 0 Å². The molecular weight excluding hydrogens is 475 g/mol. The predicted octanol–water partition coefficient (Wildman–Crippen LogP) is 4.88. The van der Waals surface area contributed by atoms with Crippen LogP contribution in [0.1, 0.15) is 80.0 Å². The second kappa shape index (κ2) is 10.7. The second-order valence-electron chi connectivity index (χ2n) is 12.7. The number of benzene rings is 2. The number of nitrogens with zero attached hydrogens (tertiary/aromatic N) is 1. The Kier molecular flexibility index (Phi) is 7.34. The van der Waals surface area contributed by atoms with Crippen molar-refractivity contribution in [1.29, 1.82) is 0 Å². The van der Waals surface area contributed by atoms with Gasteiger partial charge >= 0.3 is 0 Å². The first-order chi connectivity index (χ1) is 18.5. The van der Waals surface area contributed by atoms with Gasteiger partial charge in [0.2, 0.25) is 5.91 Å². The van der Waals surface area contributed by atoms with Crippen LogP contribution in [0.15, 0.2) is 42.5 Å². The maximum Gasteiger partial charge on any atom is 0.232 e. The fourth-order valence-electron chi connectivity index (χ4n) is 8.38. The minimum absolute atomic E-state index is 0.0160. The van der Waals surface area contributed by atoms with E-state index >= 15 is 4.39 Å². The molecule has 3 fully saturated rings. The molecule has 0 aromatic heterocycles. The van der Waals surface area contributed by atoms with Crippen LogP contribution in [0.5, 0.6) is 0 Å². The van der Waals surface area contributed by atoms with E-state index < -0.39 is 5.41 Å². The Morgan fingerprint density at radius 3 is 2.68 bits per heavy atom. The van der Waals surface area contributed by atoms with Gasteiger partial charge in [-0.25, -0.2) is 4.39 Å². The van der Waals surface area contributed by atoms with Gasteiger partial charge in [0.25, 0.3) is 0 Å². The number of carbonyl (C=O) groups is 1. The molecule has 1 saturated carbocycles. The third-order valence-electron chi connectivity index (χ3n) is 10.2. The third kappa shape index (κ3) is 4.70. The maximum absolute atomic E-state index is 15.8. The number of amides is 1. The van der Waals surface area contributed by atoms with Crippen molar-refractivity contribution in [2.75, 3.05) is 26.2 Å². The first kappa shape index (κ1) is 26.0. The molecule has 6 rings (SSSR count). The van der Waals surface area contributed by atoms with Gasteiger partial charge in [-0.1, -0.05) is 55.7 Å². The zero-order valence-corrected chi connectivity index (χ0v) is 23.1. The summed E-state index contributed by atoms with van der Waals surface area (Å²) in [6, 6.07) is 14.9. The van der Waals surface area contributed by atoms with Gasteiger partial charge < -0.3 is 15.0 Å². The van der Waals surface area contributed by atoms with Gasteiger partial charge in [-0.2, -0.15) is 0 Å². The average Bonchev–Trinajstić information content (AvgIpc) is 3.30. The normalized spacial score (nSPS) is 32.2. The number of quaternary nitrogens is 1. The number of hydrogen-bond acceptors (Lipinski definition) is 2. The summed E-state index contributed by atoms with van der Waals surface area (Å²) in [5.74, 6) is 0.891. The van der Waals surface area contributed by atoms with Crippen LogP contribution >= 0.6 is 0 Å². The number of likely N-dealkylation sites (tertiary alicyclic amines) is 1. The third-order valence-corrected chi connectivity index (χ3v) is 10.2. The fraction of sp³-hybridized carbons (Fsp3) is 0.606. The Labute approximate surface area is 227 Å². The second-order valence-corrected chi connectivity index (χ2v) is 12.7. The highest BCUT2D eigenvalue weighted by Gasteiger charge is 2.56. The molecule has 5 heteroatoms. The number of piperidine rings is 1. The molecule has 1 aliphatic carbocycles. The lowest BCUT2D eigenvalue weighted by molar-refractivity contribution is -0.640. The van der Waals surface area contributed by atoms with Crippen LogP contribution in [-0.2, 0) is 21.4 Å². The Hall–Kier alpha value is -2.24. The van der Waals surface area contributed by atoms with Crippen molar-refractivity contribution < 1.29 is 19.2 Å². The summed E-state index contributed by atoms with van der Waals surface area (Å²) in [6.45, 7) is 6.67. The van der Waals surface area contributed by atoms with Crippen LogP contribution in [0.3, 0.4) is 0 Å². The molecule has 0 bridgehead atoms. The van der Waals surface area contributed by atoms with Crippen molar-refractivity contribution in [3.05, 3.63) is 70.5 Å². The number of halogens is 1. The van der Waals surface area contributed by atoms with E-state index in [0.717, 1.165) is 36.1 Å². The molecule has 3 aliphatic heterocycles. The lowest BCUT2D eigenvalue weighted by Crippen LogP contribution is -2.82. The lowest BCUT2D eigenvalue weighted by atomic mass is 9.69. The SMILES string of the molecule is Cc1cc(F)c2c(c1)CC(C)OC[C@]21C[NH2+]CC1C(=O)N1CC[C@@H](c2ccccc2)C[C@H]1C1CCCCC1. The summed E-state index contributed by atoms with van der Waals surface area (Å²) in [6.07, 6.45) is 9.04. The number of aryl methyl sites for hydroxylation is 1.